The van der Waals surface area contributed by atoms with Crippen LogP contribution in [0.15, 0.2) is 27.4 Å². The number of hydrogen-bond acceptors (Lipinski definition) is 4. The third-order valence-electron chi connectivity index (χ3n) is 2.74. The Balaban J connectivity index is 1.80. The van der Waals surface area contributed by atoms with E-state index in [1.807, 2.05) is 19.1 Å². The van der Waals surface area contributed by atoms with E-state index in [1.165, 1.54) is 19.2 Å². The van der Waals surface area contributed by atoms with Crippen LogP contribution in [0.4, 0.5) is 0 Å². The number of nitrogens with zero attached hydrogens (tertiary/aromatic N) is 1. The topological polar surface area (TPSA) is 51.2 Å². The maximum atomic E-state index is 5.53. The molecule has 1 fully saturated rings. The van der Waals surface area contributed by atoms with Crippen molar-refractivity contribution in [1.29, 1.82) is 0 Å². The summed E-state index contributed by atoms with van der Waals surface area (Å²) in [6.45, 7) is 2.66. The van der Waals surface area contributed by atoms with E-state index < -0.39 is 0 Å². The number of nitrogens with one attached hydrogen (secondary N) is 1. The van der Waals surface area contributed by atoms with E-state index in [-0.39, 0.29) is 0 Å². The molecule has 0 unspecified atom stereocenters. The molecule has 4 nitrogen and oxygen atoms in total. The third-order valence-corrected chi connectivity index (χ3v) is 2.74. The van der Waals surface area contributed by atoms with Gasteiger partial charge in [-0.2, -0.15) is 0 Å². The second kappa shape index (κ2) is 3.79. The molecule has 2 heterocycles. The Morgan fingerprint density at radius 1 is 1.44 bits per heavy atom. The molecule has 1 aliphatic carbocycles. The summed E-state index contributed by atoms with van der Waals surface area (Å²) in [7, 11) is 0. The van der Waals surface area contributed by atoms with Crippen molar-refractivity contribution in [2.75, 3.05) is 0 Å². The first-order valence-corrected chi connectivity index (χ1v) is 5.55. The van der Waals surface area contributed by atoms with Gasteiger partial charge in [0.1, 0.15) is 11.5 Å². The number of hydrogen-bond donors (Lipinski definition) is 1. The summed E-state index contributed by atoms with van der Waals surface area (Å²) in [5, 5.41) is 3.41. The minimum atomic E-state index is 0.669. The lowest BCUT2D eigenvalue weighted by Gasteiger charge is -2.00. The largest absolute Gasteiger partial charge is 0.458 e. The van der Waals surface area contributed by atoms with Gasteiger partial charge in [0.15, 0.2) is 17.9 Å². The number of aromatic nitrogens is 1. The number of furan rings is 1. The van der Waals surface area contributed by atoms with Gasteiger partial charge < -0.3 is 14.2 Å². The molecule has 84 valence electrons. The van der Waals surface area contributed by atoms with Gasteiger partial charge in [-0.05, 0) is 31.9 Å². The van der Waals surface area contributed by atoms with Crippen molar-refractivity contribution in [3.05, 3.63) is 30.0 Å². The maximum Gasteiger partial charge on any atom is 0.194 e. The monoisotopic (exact) mass is 218 g/mol. The van der Waals surface area contributed by atoms with Crippen LogP contribution < -0.4 is 5.32 Å². The summed E-state index contributed by atoms with van der Waals surface area (Å²) >= 11 is 0. The highest BCUT2D eigenvalue weighted by Crippen LogP contribution is 2.26. The Hall–Kier alpha value is -1.55. The van der Waals surface area contributed by atoms with Gasteiger partial charge in [-0.1, -0.05) is 0 Å². The van der Waals surface area contributed by atoms with Gasteiger partial charge in [0.05, 0.1) is 0 Å². The van der Waals surface area contributed by atoms with E-state index in [2.05, 4.69) is 10.3 Å². The second-order valence-electron chi connectivity index (χ2n) is 4.19. The van der Waals surface area contributed by atoms with Gasteiger partial charge in [-0.25, -0.2) is 4.98 Å². The van der Waals surface area contributed by atoms with Crippen molar-refractivity contribution < 1.29 is 8.83 Å². The SMILES string of the molecule is Cc1ccc(-c2ocnc2CNC2CC2)o1. The van der Waals surface area contributed by atoms with E-state index in [4.69, 9.17) is 8.83 Å². The van der Waals surface area contributed by atoms with E-state index >= 15 is 0 Å². The van der Waals surface area contributed by atoms with Crippen molar-refractivity contribution in [1.82, 2.24) is 10.3 Å². The molecule has 4 heteroatoms. The zero-order valence-electron chi connectivity index (χ0n) is 9.19. The van der Waals surface area contributed by atoms with Gasteiger partial charge >= 0.3 is 0 Å². The van der Waals surface area contributed by atoms with Crippen LogP contribution in [0.3, 0.4) is 0 Å². The summed E-state index contributed by atoms with van der Waals surface area (Å²) in [6.07, 6.45) is 4.01. The van der Waals surface area contributed by atoms with Crippen molar-refractivity contribution in [3.63, 3.8) is 0 Å². The maximum absolute atomic E-state index is 5.53. The van der Waals surface area contributed by atoms with Crippen LogP contribution in [0.2, 0.25) is 0 Å². The quantitative estimate of drug-likeness (QED) is 0.856. The number of rotatable bonds is 4. The minimum absolute atomic E-state index is 0.669. The molecular formula is C12H14N2O2. The highest BCUT2D eigenvalue weighted by Gasteiger charge is 2.22. The summed E-state index contributed by atoms with van der Waals surface area (Å²) in [5.74, 6) is 2.37. The van der Waals surface area contributed by atoms with Crippen molar-refractivity contribution in [2.24, 2.45) is 0 Å². The van der Waals surface area contributed by atoms with E-state index in [9.17, 15) is 0 Å². The highest BCUT2D eigenvalue weighted by atomic mass is 16.4. The van der Waals surface area contributed by atoms with E-state index in [0.29, 0.717) is 6.04 Å². The van der Waals surface area contributed by atoms with Crippen LogP contribution in [0.5, 0.6) is 0 Å². The van der Waals surface area contributed by atoms with Crippen LogP contribution in [-0.2, 0) is 6.54 Å². The fraction of sp³-hybridized carbons (Fsp3) is 0.417. The lowest BCUT2D eigenvalue weighted by atomic mass is 10.3. The minimum Gasteiger partial charge on any atom is -0.458 e. The molecule has 2 aromatic rings. The molecule has 1 saturated carbocycles. The normalized spacial score (nSPS) is 15.6. The molecule has 0 bridgehead atoms. The average Bonchev–Trinajstić information content (AvgIpc) is 2.82. The average molecular weight is 218 g/mol. The summed E-state index contributed by atoms with van der Waals surface area (Å²) < 4.78 is 10.9. The summed E-state index contributed by atoms with van der Waals surface area (Å²) in [4.78, 5) is 4.21. The van der Waals surface area contributed by atoms with Gasteiger partial charge in [-0.3, -0.25) is 0 Å². The zero-order valence-corrected chi connectivity index (χ0v) is 9.19. The first-order chi connectivity index (χ1) is 7.83. The second-order valence-corrected chi connectivity index (χ2v) is 4.19. The molecule has 0 atom stereocenters. The standard InChI is InChI=1S/C12H14N2O2/c1-8-2-5-11(16-8)12-10(14-7-15-12)6-13-9-3-4-9/h2,5,7,9,13H,3-4,6H2,1H3. The molecule has 0 radical (unpaired) electrons. The Morgan fingerprint density at radius 2 is 2.31 bits per heavy atom. The lowest BCUT2D eigenvalue weighted by Crippen LogP contribution is -2.15. The third kappa shape index (κ3) is 1.88. The van der Waals surface area contributed by atoms with Crippen molar-refractivity contribution in [2.45, 2.75) is 32.4 Å². The Labute approximate surface area is 93.7 Å². The summed E-state index contributed by atoms with van der Waals surface area (Å²) in [6, 6.07) is 4.51. The molecule has 0 saturated heterocycles. The fourth-order valence-corrected chi connectivity index (χ4v) is 1.68. The highest BCUT2D eigenvalue weighted by molar-refractivity contribution is 5.52. The predicted molar refractivity (Wildman–Crippen MR) is 58.8 cm³/mol. The van der Waals surface area contributed by atoms with Crippen LogP contribution in [0.1, 0.15) is 24.3 Å². The Morgan fingerprint density at radius 3 is 3.00 bits per heavy atom. The first-order valence-electron chi connectivity index (χ1n) is 5.55. The van der Waals surface area contributed by atoms with Crippen LogP contribution in [0.25, 0.3) is 11.5 Å². The molecule has 16 heavy (non-hydrogen) atoms. The molecule has 0 amide bonds. The van der Waals surface area contributed by atoms with Gasteiger partial charge in [0.2, 0.25) is 0 Å². The van der Waals surface area contributed by atoms with Gasteiger partial charge in [0, 0.05) is 12.6 Å². The molecule has 0 aromatic carbocycles. The molecule has 0 spiro atoms. The van der Waals surface area contributed by atoms with E-state index in [1.54, 1.807) is 0 Å². The molecule has 3 rings (SSSR count). The smallest absolute Gasteiger partial charge is 0.194 e. The number of aryl methyl sites for hydroxylation is 1. The van der Waals surface area contributed by atoms with Gasteiger partial charge in [0.25, 0.3) is 0 Å². The van der Waals surface area contributed by atoms with Crippen molar-refractivity contribution in [3.8, 4) is 11.5 Å². The van der Waals surface area contributed by atoms with Crippen molar-refractivity contribution >= 4 is 0 Å². The predicted octanol–water partition coefficient (Wildman–Crippen LogP) is 2.50. The molecule has 0 aliphatic heterocycles. The molecular weight excluding hydrogens is 204 g/mol. The first kappa shape index (κ1) is 9.66. The van der Waals surface area contributed by atoms with Crippen LogP contribution >= 0.6 is 0 Å². The molecule has 1 N–H and O–H groups in total. The van der Waals surface area contributed by atoms with Gasteiger partial charge in [-0.15, -0.1) is 0 Å². The summed E-state index contributed by atoms with van der Waals surface area (Å²) in [5.41, 5.74) is 0.918. The zero-order chi connectivity index (χ0) is 11.0. The van der Waals surface area contributed by atoms with E-state index in [0.717, 1.165) is 29.5 Å². The molecule has 2 aromatic heterocycles. The Bertz CT molecular complexity index is 483. The van der Waals surface area contributed by atoms with Crippen LogP contribution in [0, 0.1) is 6.92 Å². The fourth-order valence-electron chi connectivity index (χ4n) is 1.68. The number of oxazole rings is 1. The van der Waals surface area contributed by atoms with Crippen LogP contribution in [-0.4, -0.2) is 11.0 Å². The molecule has 1 aliphatic rings. The lowest BCUT2D eigenvalue weighted by molar-refractivity contribution is 0.502. The Kier molecular flexibility index (Phi) is 2.29.